The van der Waals surface area contributed by atoms with Crippen molar-refractivity contribution in [3.05, 3.63) is 48.3 Å². The third kappa shape index (κ3) is 3.92. The van der Waals surface area contributed by atoms with Gasteiger partial charge in [0.15, 0.2) is 11.6 Å². The molecular weight excluding hydrogens is 378 g/mol. The molecule has 1 aromatic carbocycles. The van der Waals surface area contributed by atoms with Crippen LogP contribution < -0.4 is 15.4 Å². The summed E-state index contributed by atoms with van der Waals surface area (Å²) in [5, 5.41) is 0.880. The quantitative estimate of drug-likeness (QED) is 0.609. The lowest BCUT2D eigenvalue weighted by Gasteiger charge is -2.37. The number of carbonyl (C=O) groups is 1. The van der Waals surface area contributed by atoms with Crippen molar-refractivity contribution in [2.45, 2.75) is 32.2 Å². The SMILES string of the molecule is CCCOc1cccnc1N(C)C1CCN(C(=O)c2c[nH]c3ccc(N)cc23)CC1. The summed E-state index contributed by atoms with van der Waals surface area (Å²) in [5.41, 5.74) is 8.19. The van der Waals surface area contributed by atoms with Gasteiger partial charge in [0.25, 0.3) is 5.91 Å². The number of amides is 1. The number of carbonyl (C=O) groups excluding carboxylic acids is 1. The van der Waals surface area contributed by atoms with Gasteiger partial charge in [-0.05, 0) is 49.6 Å². The van der Waals surface area contributed by atoms with Crippen molar-refractivity contribution >= 4 is 28.3 Å². The summed E-state index contributed by atoms with van der Waals surface area (Å²) in [6.07, 6.45) is 6.31. The minimum atomic E-state index is 0.0535. The molecule has 1 aliphatic heterocycles. The van der Waals surface area contributed by atoms with Crippen LogP contribution in [-0.2, 0) is 0 Å². The monoisotopic (exact) mass is 407 g/mol. The van der Waals surface area contributed by atoms with E-state index < -0.39 is 0 Å². The zero-order valence-corrected chi connectivity index (χ0v) is 17.6. The highest BCUT2D eigenvalue weighted by molar-refractivity contribution is 6.07. The van der Waals surface area contributed by atoms with Gasteiger partial charge in [0, 0.05) is 55.2 Å². The number of nitrogen functional groups attached to an aromatic ring is 1. The number of fused-ring (bicyclic) bond motifs is 1. The molecule has 3 N–H and O–H groups in total. The second kappa shape index (κ2) is 8.65. The molecule has 1 amide bonds. The third-order valence-corrected chi connectivity index (χ3v) is 5.78. The van der Waals surface area contributed by atoms with E-state index in [0.717, 1.165) is 41.7 Å². The first-order valence-corrected chi connectivity index (χ1v) is 10.5. The summed E-state index contributed by atoms with van der Waals surface area (Å²) >= 11 is 0. The fraction of sp³-hybridized carbons (Fsp3) is 0.391. The molecule has 0 aliphatic carbocycles. The number of hydrogen-bond acceptors (Lipinski definition) is 5. The molecule has 0 atom stereocenters. The highest BCUT2D eigenvalue weighted by Gasteiger charge is 2.28. The van der Waals surface area contributed by atoms with Crippen LogP contribution in [0, 0.1) is 0 Å². The van der Waals surface area contributed by atoms with E-state index in [0.29, 0.717) is 37.0 Å². The van der Waals surface area contributed by atoms with Gasteiger partial charge in [-0.25, -0.2) is 4.98 Å². The molecule has 1 aliphatic rings. The second-order valence-electron chi connectivity index (χ2n) is 7.82. The Morgan fingerprint density at radius 2 is 2.13 bits per heavy atom. The van der Waals surface area contributed by atoms with Gasteiger partial charge in [0.2, 0.25) is 0 Å². The lowest BCUT2D eigenvalue weighted by atomic mass is 10.0. The number of likely N-dealkylation sites (tertiary alicyclic amines) is 1. The molecule has 158 valence electrons. The molecule has 7 nitrogen and oxygen atoms in total. The Balaban J connectivity index is 1.43. The number of ether oxygens (including phenoxy) is 1. The molecule has 3 heterocycles. The predicted molar refractivity (Wildman–Crippen MR) is 120 cm³/mol. The summed E-state index contributed by atoms with van der Waals surface area (Å²) in [4.78, 5) is 25.0. The molecule has 0 radical (unpaired) electrons. The van der Waals surface area contributed by atoms with Crippen molar-refractivity contribution in [1.82, 2.24) is 14.9 Å². The van der Waals surface area contributed by atoms with E-state index in [4.69, 9.17) is 10.5 Å². The summed E-state index contributed by atoms with van der Waals surface area (Å²) in [7, 11) is 2.06. The molecule has 1 saturated heterocycles. The van der Waals surface area contributed by atoms with Gasteiger partial charge in [0.1, 0.15) is 0 Å². The Bertz CT molecular complexity index is 1020. The number of H-pyrrole nitrogens is 1. The van der Waals surface area contributed by atoms with E-state index in [-0.39, 0.29) is 5.91 Å². The van der Waals surface area contributed by atoms with Crippen molar-refractivity contribution in [2.75, 3.05) is 37.4 Å². The lowest BCUT2D eigenvalue weighted by Crippen LogP contribution is -2.46. The number of piperidine rings is 1. The number of pyridine rings is 1. The number of hydrogen-bond donors (Lipinski definition) is 2. The van der Waals surface area contributed by atoms with Crippen molar-refractivity contribution in [1.29, 1.82) is 0 Å². The van der Waals surface area contributed by atoms with Crippen LogP contribution >= 0.6 is 0 Å². The maximum atomic E-state index is 13.1. The van der Waals surface area contributed by atoms with Gasteiger partial charge in [-0.3, -0.25) is 4.79 Å². The maximum Gasteiger partial charge on any atom is 0.256 e. The summed E-state index contributed by atoms with van der Waals surface area (Å²) in [6.45, 7) is 4.19. The Kier molecular flexibility index (Phi) is 5.79. The summed E-state index contributed by atoms with van der Waals surface area (Å²) < 4.78 is 5.87. The highest BCUT2D eigenvalue weighted by atomic mass is 16.5. The minimum absolute atomic E-state index is 0.0535. The Labute approximate surface area is 176 Å². The molecule has 1 fully saturated rings. The number of rotatable bonds is 6. The third-order valence-electron chi connectivity index (χ3n) is 5.78. The molecule has 4 rings (SSSR count). The van der Waals surface area contributed by atoms with Gasteiger partial charge in [-0.15, -0.1) is 0 Å². The van der Waals surface area contributed by atoms with Crippen LogP contribution in [0.25, 0.3) is 10.9 Å². The number of nitrogens with zero attached hydrogens (tertiary/aromatic N) is 3. The second-order valence-corrected chi connectivity index (χ2v) is 7.82. The Morgan fingerprint density at radius 3 is 2.90 bits per heavy atom. The number of aromatic nitrogens is 2. The standard InChI is InChI=1S/C23H29N5O2/c1-3-13-30-21-5-4-10-25-22(21)27(2)17-8-11-28(12-9-17)23(29)19-15-26-20-7-6-16(24)14-18(19)20/h4-7,10,14-15,17,26H,3,8-9,11-13,24H2,1-2H3. The van der Waals surface area contributed by atoms with Crippen LogP contribution in [0.3, 0.4) is 0 Å². The maximum absolute atomic E-state index is 13.1. The van der Waals surface area contributed by atoms with E-state index in [1.807, 2.05) is 35.2 Å². The van der Waals surface area contributed by atoms with E-state index in [1.165, 1.54) is 0 Å². The summed E-state index contributed by atoms with van der Waals surface area (Å²) in [5.74, 6) is 1.73. The number of nitrogens with one attached hydrogen (secondary N) is 1. The van der Waals surface area contributed by atoms with E-state index >= 15 is 0 Å². The van der Waals surface area contributed by atoms with Gasteiger partial charge in [-0.1, -0.05) is 6.92 Å². The molecule has 30 heavy (non-hydrogen) atoms. The average molecular weight is 408 g/mol. The molecule has 3 aromatic rings. The van der Waals surface area contributed by atoms with Crippen LogP contribution in [0.2, 0.25) is 0 Å². The van der Waals surface area contributed by atoms with Crippen molar-refractivity contribution in [2.24, 2.45) is 0 Å². The number of benzene rings is 1. The topological polar surface area (TPSA) is 87.5 Å². The molecular formula is C23H29N5O2. The lowest BCUT2D eigenvalue weighted by molar-refractivity contribution is 0.0715. The number of anilines is 2. The van der Waals surface area contributed by atoms with Gasteiger partial charge < -0.3 is 25.3 Å². The van der Waals surface area contributed by atoms with Crippen LogP contribution in [0.15, 0.2) is 42.7 Å². The van der Waals surface area contributed by atoms with E-state index in [1.54, 1.807) is 12.4 Å². The van der Waals surface area contributed by atoms with Crippen molar-refractivity contribution < 1.29 is 9.53 Å². The minimum Gasteiger partial charge on any atom is -0.490 e. The van der Waals surface area contributed by atoms with Crippen LogP contribution in [0.1, 0.15) is 36.5 Å². The fourth-order valence-electron chi connectivity index (χ4n) is 4.09. The molecule has 0 spiro atoms. The number of aromatic amines is 1. The smallest absolute Gasteiger partial charge is 0.256 e. The van der Waals surface area contributed by atoms with Gasteiger partial charge in [0.05, 0.1) is 12.2 Å². The van der Waals surface area contributed by atoms with Crippen molar-refractivity contribution in [3.63, 3.8) is 0 Å². The van der Waals surface area contributed by atoms with Crippen molar-refractivity contribution in [3.8, 4) is 5.75 Å². The first-order chi connectivity index (χ1) is 14.6. The molecule has 0 unspecified atom stereocenters. The Hall–Kier alpha value is -3.22. The van der Waals surface area contributed by atoms with Gasteiger partial charge >= 0.3 is 0 Å². The molecule has 0 bridgehead atoms. The zero-order chi connectivity index (χ0) is 21.1. The van der Waals surface area contributed by atoms with E-state index in [2.05, 4.69) is 28.8 Å². The first kappa shape index (κ1) is 20.1. The van der Waals surface area contributed by atoms with Crippen LogP contribution in [-0.4, -0.2) is 53.6 Å². The molecule has 7 heteroatoms. The average Bonchev–Trinajstić information content (AvgIpc) is 3.20. The van der Waals surface area contributed by atoms with E-state index in [9.17, 15) is 4.79 Å². The molecule has 2 aromatic heterocycles. The number of nitrogens with two attached hydrogens (primary N) is 1. The summed E-state index contributed by atoms with van der Waals surface area (Å²) in [6, 6.07) is 9.79. The predicted octanol–water partition coefficient (Wildman–Crippen LogP) is 3.67. The van der Waals surface area contributed by atoms with Gasteiger partial charge in [-0.2, -0.15) is 0 Å². The normalized spacial score (nSPS) is 14.8. The molecule has 0 saturated carbocycles. The highest BCUT2D eigenvalue weighted by Crippen LogP contribution is 2.30. The van der Waals surface area contributed by atoms with Crippen LogP contribution in [0.5, 0.6) is 5.75 Å². The largest absolute Gasteiger partial charge is 0.490 e. The zero-order valence-electron chi connectivity index (χ0n) is 17.6. The van der Waals surface area contributed by atoms with Crippen LogP contribution in [0.4, 0.5) is 11.5 Å². The fourth-order valence-corrected chi connectivity index (χ4v) is 4.09. The first-order valence-electron chi connectivity index (χ1n) is 10.5. The Morgan fingerprint density at radius 1 is 1.33 bits per heavy atom.